The summed E-state index contributed by atoms with van der Waals surface area (Å²) in [5.41, 5.74) is -0.561. The monoisotopic (exact) mass is 378 g/mol. The highest BCUT2D eigenvalue weighted by atomic mass is 79.9. The standard InChI is InChI=1S/C16H18BrF3S/c1-2-3-4-11(7-8-17)14-9-12-5-6-13(16(18,19)20)10-15(12)21-14/h5-6,9-11H,2-4,7-8H2,1H3. The molecule has 116 valence electrons. The van der Waals surface area contributed by atoms with Crippen LogP contribution in [0.25, 0.3) is 10.1 Å². The zero-order valence-electron chi connectivity index (χ0n) is 11.8. The van der Waals surface area contributed by atoms with Crippen molar-refractivity contribution in [3.05, 3.63) is 34.7 Å². The molecule has 1 aromatic heterocycles. The topological polar surface area (TPSA) is 0 Å². The Morgan fingerprint density at radius 1 is 1.19 bits per heavy atom. The SMILES string of the molecule is CCCCC(CCBr)c1cc2ccc(C(F)(F)F)cc2s1. The Morgan fingerprint density at radius 2 is 1.95 bits per heavy atom. The fraction of sp³-hybridized carbons (Fsp3) is 0.500. The molecule has 0 amide bonds. The molecular formula is C16H18BrF3S. The first kappa shape index (κ1) is 16.8. The lowest BCUT2D eigenvalue weighted by atomic mass is 9.97. The highest BCUT2D eigenvalue weighted by molar-refractivity contribution is 9.09. The summed E-state index contributed by atoms with van der Waals surface area (Å²) in [7, 11) is 0. The largest absolute Gasteiger partial charge is 0.416 e. The van der Waals surface area contributed by atoms with Crippen molar-refractivity contribution in [2.45, 2.75) is 44.7 Å². The Labute approximate surface area is 135 Å². The molecule has 2 rings (SSSR count). The quantitative estimate of drug-likeness (QED) is 0.475. The van der Waals surface area contributed by atoms with Crippen LogP contribution in [0.15, 0.2) is 24.3 Å². The van der Waals surface area contributed by atoms with Gasteiger partial charge < -0.3 is 0 Å². The maximum absolute atomic E-state index is 12.8. The van der Waals surface area contributed by atoms with Gasteiger partial charge in [-0.1, -0.05) is 41.8 Å². The van der Waals surface area contributed by atoms with E-state index in [2.05, 4.69) is 28.9 Å². The van der Waals surface area contributed by atoms with E-state index in [4.69, 9.17) is 0 Å². The van der Waals surface area contributed by atoms with Crippen molar-refractivity contribution in [1.29, 1.82) is 0 Å². The fourth-order valence-electron chi connectivity index (χ4n) is 2.44. The van der Waals surface area contributed by atoms with Crippen LogP contribution in [-0.4, -0.2) is 5.33 Å². The smallest absolute Gasteiger partial charge is 0.166 e. The zero-order chi connectivity index (χ0) is 15.5. The number of hydrogen-bond donors (Lipinski definition) is 0. The minimum Gasteiger partial charge on any atom is -0.166 e. The summed E-state index contributed by atoms with van der Waals surface area (Å²) in [6.07, 6.45) is 0.150. The van der Waals surface area contributed by atoms with E-state index in [0.29, 0.717) is 5.92 Å². The summed E-state index contributed by atoms with van der Waals surface area (Å²) in [6, 6.07) is 6.09. The van der Waals surface area contributed by atoms with Gasteiger partial charge in [0.2, 0.25) is 0 Å². The summed E-state index contributed by atoms with van der Waals surface area (Å²) in [5, 5.41) is 1.84. The zero-order valence-corrected chi connectivity index (χ0v) is 14.2. The van der Waals surface area contributed by atoms with Gasteiger partial charge in [0.15, 0.2) is 0 Å². The lowest BCUT2D eigenvalue weighted by molar-refractivity contribution is -0.137. The van der Waals surface area contributed by atoms with E-state index >= 15 is 0 Å². The minimum absolute atomic E-state index is 0.441. The van der Waals surface area contributed by atoms with E-state index in [1.165, 1.54) is 28.3 Å². The Morgan fingerprint density at radius 3 is 2.57 bits per heavy atom. The number of halogens is 4. The van der Waals surface area contributed by atoms with Crippen LogP contribution in [0, 0.1) is 0 Å². The molecule has 5 heteroatoms. The second-order valence-electron chi connectivity index (χ2n) is 5.22. The number of unbranched alkanes of at least 4 members (excludes halogenated alkanes) is 1. The summed E-state index contributed by atoms with van der Waals surface area (Å²) in [6.45, 7) is 2.16. The van der Waals surface area contributed by atoms with Crippen LogP contribution in [0.5, 0.6) is 0 Å². The molecular weight excluding hydrogens is 361 g/mol. The normalized spacial score (nSPS) is 13.8. The highest BCUT2D eigenvalue weighted by Gasteiger charge is 2.30. The maximum Gasteiger partial charge on any atom is 0.416 e. The van der Waals surface area contributed by atoms with Crippen molar-refractivity contribution in [3.63, 3.8) is 0 Å². The lowest BCUT2D eigenvalue weighted by Gasteiger charge is -2.12. The second-order valence-corrected chi connectivity index (χ2v) is 7.12. The van der Waals surface area contributed by atoms with Crippen molar-refractivity contribution in [3.8, 4) is 0 Å². The Kier molecular flexibility index (Phi) is 5.72. The molecule has 0 spiro atoms. The average molecular weight is 379 g/mol. The first-order valence-corrected chi connectivity index (χ1v) is 9.06. The molecule has 0 aliphatic rings. The number of benzene rings is 1. The van der Waals surface area contributed by atoms with Gasteiger partial charge in [-0.15, -0.1) is 11.3 Å². The molecule has 1 aromatic carbocycles. The lowest BCUT2D eigenvalue weighted by Crippen LogP contribution is -2.03. The molecule has 1 heterocycles. The summed E-state index contributed by atoms with van der Waals surface area (Å²) < 4.78 is 39.0. The van der Waals surface area contributed by atoms with Crippen molar-refractivity contribution >= 4 is 37.4 Å². The van der Waals surface area contributed by atoms with Crippen LogP contribution < -0.4 is 0 Å². The first-order chi connectivity index (χ1) is 9.95. The van der Waals surface area contributed by atoms with Crippen LogP contribution in [0.4, 0.5) is 13.2 Å². The van der Waals surface area contributed by atoms with Crippen molar-refractivity contribution in [2.24, 2.45) is 0 Å². The van der Waals surface area contributed by atoms with E-state index in [1.807, 2.05) is 0 Å². The molecule has 0 saturated heterocycles. The third-order valence-electron chi connectivity index (χ3n) is 3.63. The average Bonchev–Trinajstić information content (AvgIpc) is 2.85. The number of fused-ring (bicyclic) bond motifs is 1. The van der Waals surface area contributed by atoms with Crippen molar-refractivity contribution < 1.29 is 13.2 Å². The molecule has 0 fully saturated rings. The molecule has 0 aliphatic carbocycles. The van der Waals surface area contributed by atoms with E-state index in [1.54, 1.807) is 6.07 Å². The Hall–Kier alpha value is -0.550. The van der Waals surface area contributed by atoms with Crippen LogP contribution >= 0.6 is 27.3 Å². The molecule has 21 heavy (non-hydrogen) atoms. The van der Waals surface area contributed by atoms with Crippen LogP contribution in [0.3, 0.4) is 0 Å². The van der Waals surface area contributed by atoms with E-state index in [-0.39, 0.29) is 0 Å². The van der Waals surface area contributed by atoms with Crippen LogP contribution in [-0.2, 0) is 6.18 Å². The molecule has 0 saturated carbocycles. The third-order valence-corrected chi connectivity index (χ3v) is 5.35. The van der Waals surface area contributed by atoms with E-state index in [9.17, 15) is 13.2 Å². The summed E-state index contributed by atoms with van der Waals surface area (Å²) in [5.74, 6) is 0.441. The van der Waals surface area contributed by atoms with Gasteiger partial charge in [0.25, 0.3) is 0 Å². The van der Waals surface area contributed by atoms with Gasteiger partial charge in [-0.05, 0) is 42.3 Å². The molecule has 0 bridgehead atoms. The Bertz CT molecular complexity index is 589. The summed E-state index contributed by atoms with van der Waals surface area (Å²) in [4.78, 5) is 1.21. The minimum atomic E-state index is -4.27. The van der Waals surface area contributed by atoms with Gasteiger partial charge in [0.1, 0.15) is 0 Å². The van der Waals surface area contributed by atoms with Gasteiger partial charge in [-0.25, -0.2) is 0 Å². The van der Waals surface area contributed by atoms with Gasteiger partial charge >= 0.3 is 6.18 Å². The van der Waals surface area contributed by atoms with Crippen molar-refractivity contribution in [1.82, 2.24) is 0 Å². The predicted octanol–water partition coefficient (Wildman–Crippen LogP) is 6.98. The van der Waals surface area contributed by atoms with Gasteiger partial charge in [-0.3, -0.25) is 0 Å². The number of alkyl halides is 4. The fourth-order valence-corrected chi connectivity index (χ4v) is 4.27. The Balaban J connectivity index is 2.32. The number of thiophene rings is 1. The van der Waals surface area contributed by atoms with E-state index < -0.39 is 11.7 Å². The molecule has 0 radical (unpaired) electrons. The van der Waals surface area contributed by atoms with E-state index in [0.717, 1.165) is 41.1 Å². The van der Waals surface area contributed by atoms with Crippen LogP contribution in [0.2, 0.25) is 0 Å². The maximum atomic E-state index is 12.8. The second kappa shape index (κ2) is 7.14. The molecule has 0 N–H and O–H groups in total. The summed E-state index contributed by atoms with van der Waals surface area (Å²) >= 11 is 4.98. The number of hydrogen-bond acceptors (Lipinski definition) is 1. The molecule has 1 unspecified atom stereocenters. The highest BCUT2D eigenvalue weighted by Crippen LogP contribution is 2.38. The third kappa shape index (κ3) is 4.22. The van der Waals surface area contributed by atoms with Gasteiger partial charge in [0.05, 0.1) is 5.56 Å². The molecule has 2 aromatic rings. The predicted molar refractivity (Wildman–Crippen MR) is 87.5 cm³/mol. The molecule has 1 atom stereocenters. The van der Waals surface area contributed by atoms with Gasteiger partial charge in [0, 0.05) is 14.9 Å². The molecule has 0 nitrogen and oxygen atoms in total. The number of rotatable bonds is 6. The molecule has 0 aliphatic heterocycles. The van der Waals surface area contributed by atoms with Crippen LogP contribution in [0.1, 0.15) is 49.0 Å². The first-order valence-electron chi connectivity index (χ1n) is 7.12. The van der Waals surface area contributed by atoms with Crippen molar-refractivity contribution in [2.75, 3.05) is 5.33 Å². The van der Waals surface area contributed by atoms with Gasteiger partial charge in [-0.2, -0.15) is 13.2 Å².